The molecular weight excluding hydrogens is 474 g/mol. The topological polar surface area (TPSA) is 99.6 Å². The molecule has 0 aliphatic carbocycles. The number of piperazine rings is 1. The Bertz CT molecular complexity index is 1170. The van der Waals surface area contributed by atoms with Crippen molar-refractivity contribution in [3.05, 3.63) is 58.8 Å². The van der Waals surface area contributed by atoms with Crippen molar-refractivity contribution >= 4 is 23.5 Å². The van der Waals surface area contributed by atoms with Crippen LogP contribution in [-0.2, 0) is 4.79 Å². The molecule has 3 rings (SSSR count). The molecule has 1 fully saturated rings. The van der Waals surface area contributed by atoms with E-state index in [-0.39, 0.29) is 17.2 Å². The van der Waals surface area contributed by atoms with E-state index in [2.05, 4.69) is 22.8 Å². The summed E-state index contributed by atoms with van der Waals surface area (Å²) in [6.07, 6.45) is 2.20. The molecule has 0 radical (unpaired) electrons. The number of carboxylic acid groups (broad SMARTS) is 1. The second-order valence-corrected chi connectivity index (χ2v) is 9.20. The molecule has 2 aromatic carbocycles. The van der Waals surface area contributed by atoms with E-state index in [1.165, 1.54) is 30.2 Å². The lowest BCUT2D eigenvalue weighted by molar-refractivity contribution is 0.0692. The molecule has 37 heavy (non-hydrogen) atoms. The summed E-state index contributed by atoms with van der Waals surface area (Å²) in [6, 6.07) is 9.87. The minimum atomic E-state index is -1.13. The highest BCUT2D eigenvalue weighted by atomic mass is 16.5. The van der Waals surface area contributed by atoms with E-state index in [0.29, 0.717) is 30.0 Å². The van der Waals surface area contributed by atoms with Crippen LogP contribution in [0.25, 0.3) is 0 Å². The molecule has 0 aromatic heterocycles. The van der Waals surface area contributed by atoms with Crippen LogP contribution in [0.3, 0.4) is 0 Å². The number of aromatic carboxylic acids is 1. The van der Waals surface area contributed by atoms with Gasteiger partial charge >= 0.3 is 5.97 Å². The lowest BCUT2D eigenvalue weighted by Gasteiger charge is -2.34. The Morgan fingerprint density at radius 3 is 2.43 bits per heavy atom. The number of hydrogen-bond acceptors (Lipinski definition) is 7. The summed E-state index contributed by atoms with van der Waals surface area (Å²) in [5.41, 5.74) is 2.60. The Hall–Kier alpha value is -3.81. The second-order valence-electron chi connectivity index (χ2n) is 9.20. The highest BCUT2D eigenvalue weighted by Gasteiger charge is 2.21. The number of amides is 1. The molecule has 0 saturated carbocycles. The number of methoxy groups -OCH3 is 1. The summed E-state index contributed by atoms with van der Waals surface area (Å²) in [5.74, 6) is 1.37. The highest BCUT2D eigenvalue weighted by molar-refractivity contribution is 6.07. The molecule has 9 nitrogen and oxygen atoms in total. The van der Waals surface area contributed by atoms with Gasteiger partial charge in [-0.15, -0.1) is 0 Å². The molecule has 198 valence electrons. The normalized spacial score (nSPS) is 13.6. The molecule has 9 heteroatoms. The molecule has 1 aliphatic rings. The molecular formula is C28H35N3O6. The van der Waals surface area contributed by atoms with Gasteiger partial charge in [-0.3, -0.25) is 4.79 Å². The van der Waals surface area contributed by atoms with Crippen molar-refractivity contribution in [3.8, 4) is 11.5 Å². The second kappa shape index (κ2) is 12.9. The van der Waals surface area contributed by atoms with Crippen molar-refractivity contribution in [3.63, 3.8) is 0 Å². The van der Waals surface area contributed by atoms with Gasteiger partial charge in [-0.25, -0.2) is 9.59 Å². The van der Waals surface area contributed by atoms with Gasteiger partial charge in [-0.2, -0.15) is 0 Å². The highest BCUT2D eigenvalue weighted by Crippen LogP contribution is 2.31. The number of allylic oxidation sites excluding steroid dienone is 1. The van der Waals surface area contributed by atoms with E-state index in [1.807, 2.05) is 25.1 Å². The van der Waals surface area contributed by atoms with Gasteiger partial charge in [0.1, 0.15) is 23.0 Å². The molecule has 0 unspecified atom stereocenters. The van der Waals surface area contributed by atoms with Crippen LogP contribution in [0.5, 0.6) is 11.5 Å². The number of anilines is 1. The van der Waals surface area contributed by atoms with E-state index in [0.717, 1.165) is 50.3 Å². The molecule has 1 heterocycles. The number of carbonyl (C=O) groups is 2. The zero-order chi connectivity index (χ0) is 26.9. The lowest BCUT2D eigenvalue weighted by atomic mass is 10.1. The molecule has 1 saturated heterocycles. The molecule has 1 aliphatic heterocycles. The fourth-order valence-corrected chi connectivity index (χ4v) is 4.24. The van der Waals surface area contributed by atoms with Crippen molar-refractivity contribution in [1.82, 2.24) is 9.80 Å². The summed E-state index contributed by atoms with van der Waals surface area (Å²) >= 11 is 0. The van der Waals surface area contributed by atoms with E-state index in [9.17, 15) is 19.5 Å². The van der Waals surface area contributed by atoms with Crippen LogP contribution >= 0.6 is 0 Å². The van der Waals surface area contributed by atoms with Crippen molar-refractivity contribution in [2.45, 2.75) is 26.2 Å². The Kier molecular flexibility index (Phi) is 9.71. The van der Waals surface area contributed by atoms with E-state index in [1.54, 1.807) is 7.05 Å². The van der Waals surface area contributed by atoms with E-state index >= 15 is 0 Å². The molecule has 1 amide bonds. The van der Waals surface area contributed by atoms with Crippen molar-refractivity contribution in [1.29, 1.82) is 0 Å². The molecule has 0 atom stereocenters. The number of nitrogens with zero attached hydrogens (tertiary/aromatic N) is 3. The number of unbranched alkanes of at least 4 members (excludes halogenated alkanes) is 1. The third-order valence-corrected chi connectivity index (χ3v) is 6.53. The predicted octanol–water partition coefficient (Wildman–Crippen LogP) is 3.49. The Balaban J connectivity index is 1.62. The number of carboxylic acids is 1. The summed E-state index contributed by atoms with van der Waals surface area (Å²) in [5, 5.41) is 9.30. The maximum Gasteiger partial charge on any atom is 0.339 e. The van der Waals surface area contributed by atoms with Gasteiger partial charge in [0, 0.05) is 38.8 Å². The molecule has 0 spiro atoms. The number of aryl methyl sites for hydroxylation is 1. The number of carbonyl (C=O) groups excluding carboxylic acids is 2. The number of ether oxygens (including phenoxy) is 2. The van der Waals surface area contributed by atoms with Crippen molar-refractivity contribution < 1.29 is 29.0 Å². The van der Waals surface area contributed by atoms with E-state index in [4.69, 9.17) is 9.47 Å². The van der Waals surface area contributed by atoms with Crippen LogP contribution < -0.4 is 14.4 Å². The van der Waals surface area contributed by atoms with Gasteiger partial charge in [-0.05, 0) is 69.1 Å². The quantitative estimate of drug-likeness (QED) is 0.363. The average Bonchev–Trinajstić information content (AvgIpc) is 2.90. The first kappa shape index (κ1) is 27.8. The zero-order valence-corrected chi connectivity index (χ0v) is 22.0. The van der Waals surface area contributed by atoms with Gasteiger partial charge in [0.25, 0.3) is 5.91 Å². The van der Waals surface area contributed by atoms with E-state index < -0.39 is 5.97 Å². The fourth-order valence-electron chi connectivity index (χ4n) is 4.24. The number of rotatable bonds is 11. The van der Waals surface area contributed by atoms with Crippen LogP contribution in [0.1, 0.15) is 45.5 Å². The Morgan fingerprint density at radius 2 is 1.78 bits per heavy atom. The Labute approximate surface area is 217 Å². The van der Waals surface area contributed by atoms with Crippen LogP contribution in [-0.4, -0.2) is 86.7 Å². The first-order valence-electron chi connectivity index (χ1n) is 12.4. The summed E-state index contributed by atoms with van der Waals surface area (Å²) in [4.78, 5) is 41.9. The van der Waals surface area contributed by atoms with Gasteiger partial charge < -0.3 is 29.3 Å². The fraction of sp³-hybridized carbons (Fsp3) is 0.429. The molecule has 0 bridgehead atoms. The summed E-state index contributed by atoms with van der Waals surface area (Å²) < 4.78 is 11.2. The standard InChI is InChI=1S/C28H35N3O6/c1-20-8-11-24(30(3)27(33)21-9-10-23(28(34)35)25(18-21)36-4)26(17-20)37-16-6-5-7-22(19-32)31-14-12-29(2)13-15-31/h8-11,17-18H,5-7,12-16H2,1-4H3,(H,34,35). The smallest absolute Gasteiger partial charge is 0.339 e. The monoisotopic (exact) mass is 509 g/mol. The van der Waals surface area contributed by atoms with Gasteiger partial charge in [0.05, 0.1) is 25.1 Å². The number of hydrogen-bond donors (Lipinski definition) is 1. The van der Waals surface area contributed by atoms with Gasteiger partial charge in [0.15, 0.2) is 0 Å². The largest absolute Gasteiger partial charge is 0.496 e. The SMILES string of the molecule is COc1cc(C(=O)N(C)c2ccc(C)cc2OCCCCC(=C=O)N2CCN(C)CC2)ccc1C(=O)O. The van der Waals surface area contributed by atoms with Crippen LogP contribution in [0, 0.1) is 6.92 Å². The predicted molar refractivity (Wildman–Crippen MR) is 141 cm³/mol. The summed E-state index contributed by atoms with van der Waals surface area (Å²) in [7, 11) is 5.09. The first-order chi connectivity index (χ1) is 17.7. The molecule has 1 N–H and O–H groups in total. The number of benzene rings is 2. The summed E-state index contributed by atoms with van der Waals surface area (Å²) in [6.45, 7) is 5.95. The van der Waals surface area contributed by atoms with Crippen molar-refractivity contribution in [2.75, 3.05) is 58.9 Å². The van der Waals surface area contributed by atoms with Crippen LogP contribution in [0.15, 0.2) is 42.1 Å². The maximum atomic E-state index is 13.2. The zero-order valence-electron chi connectivity index (χ0n) is 22.0. The maximum absolute atomic E-state index is 13.2. The third kappa shape index (κ3) is 7.12. The lowest BCUT2D eigenvalue weighted by Crippen LogP contribution is -2.44. The molecule has 2 aromatic rings. The van der Waals surface area contributed by atoms with Crippen LogP contribution in [0.2, 0.25) is 0 Å². The first-order valence-corrected chi connectivity index (χ1v) is 12.4. The van der Waals surface area contributed by atoms with Crippen LogP contribution in [0.4, 0.5) is 5.69 Å². The van der Waals surface area contributed by atoms with Gasteiger partial charge in [0.2, 0.25) is 0 Å². The minimum absolute atomic E-state index is 0.0127. The number of likely N-dealkylation sites (N-methyl/N-ethyl adjacent to an activating group) is 1. The average molecular weight is 510 g/mol. The third-order valence-electron chi connectivity index (χ3n) is 6.53. The van der Waals surface area contributed by atoms with Crippen molar-refractivity contribution in [2.24, 2.45) is 0 Å². The minimum Gasteiger partial charge on any atom is -0.496 e. The Morgan fingerprint density at radius 1 is 1.05 bits per heavy atom. The van der Waals surface area contributed by atoms with Gasteiger partial charge in [-0.1, -0.05) is 6.07 Å².